The third-order valence-corrected chi connectivity index (χ3v) is 2.74. The third-order valence-electron chi connectivity index (χ3n) is 2.74. The highest BCUT2D eigenvalue weighted by Gasteiger charge is 2.25. The molecule has 1 heterocycles. The molecule has 0 radical (unpaired) electrons. The molecule has 1 atom stereocenters. The molecule has 0 amide bonds. The summed E-state index contributed by atoms with van der Waals surface area (Å²) < 4.78 is 0.894. The Balaban J connectivity index is 2.30. The van der Waals surface area contributed by atoms with Crippen LogP contribution in [0.5, 0.6) is 0 Å². The molecule has 0 aliphatic carbocycles. The maximum atomic E-state index is 4.59. The van der Waals surface area contributed by atoms with Crippen molar-refractivity contribution in [3.05, 3.63) is 35.4 Å². The Morgan fingerprint density at radius 3 is 2.64 bits per heavy atom. The lowest BCUT2D eigenvalue weighted by atomic mass is 10.0. The molecule has 2 nitrogen and oxygen atoms in total. The second-order valence-electron chi connectivity index (χ2n) is 4.78. The van der Waals surface area contributed by atoms with Crippen molar-refractivity contribution in [3.8, 4) is 0 Å². The van der Waals surface area contributed by atoms with Gasteiger partial charge in [0.2, 0.25) is 0 Å². The normalized spacial score (nSPS) is 20.6. The number of nitrogens with zero attached hydrogens (tertiary/aromatic N) is 2. The molecule has 1 unspecified atom stereocenters. The zero-order valence-electron chi connectivity index (χ0n) is 9.07. The Hall–Kier alpha value is -1.15. The Morgan fingerprint density at radius 2 is 1.93 bits per heavy atom. The minimum absolute atomic E-state index is 0.366. The second-order valence-corrected chi connectivity index (χ2v) is 4.78. The van der Waals surface area contributed by atoms with Gasteiger partial charge in [0, 0.05) is 12.6 Å². The first kappa shape index (κ1) is 9.41. The van der Waals surface area contributed by atoms with Gasteiger partial charge in [0.05, 0.1) is 21.1 Å². The lowest BCUT2D eigenvalue weighted by Gasteiger charge is -2.33. The molecule has 14 heavy (non-hydrogen) atoms. The van der Waals surface area contributed by atoms with Crippen molar-refractivity contribution in [1.29, 1.82) is 0 Å². The van der Waals surface area contributed by atoms with Gasteiger partial charge in [-0.2, -0.15) is 0 Å². The summed E-state index contributed by atoms with van der Waals surface area (Å²) in [6.45, 7) is 0. The van der Waals surface area contributed by atoms with Gasteiger partial charge < -0.3 is 4.48 Å². The van der Waals surface area contributed by atoms with Crippen LogP contribution in [0.25, 0.3) is 0 Å². The predicted molar refractivity (Wildman–Crippen MR) is 59.6 cm³/mol. The fourth-order valence-corrected chi connectivity index (χ4v) is 1.74. The maximum absolute atomic E-state index is 4.59. The van der Waals surface area contributed by atoms with Crippen molar-refractivity contribution in [2.75, 3.05) is 21.1 Å². The molecule has 1 aromatic rings. The summed E-state index contributed by atoms with van der Waals surface area (Å²) in [6, 6.07) is 8.50. The predicted octanol–water partition coefficient (Wildman–Crippen LogP) is 1.69. The monoisotopic (exact) mass is 189 g/mol. The van der Waals surface area contributed by atoms with Crippen LogP contribution in [0, 0.1) is 0 Å². The van der Waals surface area contributed by atoms with Crippen LogP contribution in [0.1, 0.15) is 11.1 Å². The minimum atomic E-state index is 0.366. The Bertz CT molecular complexity index is 361. The molecule has 0 saturated carbocycles. The van der Waals surface area contributed by atoms with E-state index < -0.39 is 0 Å². The van der Waals surface area contributed by atoms with E-state index in [0.29, 0.717) is 6.17 Å². The Labute approximate surface area is 85.5 Å². The average Bonchev–Trinajstić information content (AvgIpc) is 2.16. The van der Waals surface area contributed by atoms with Gasteiger partial charge in [0.1, 0.15) is 0 Å². The summed E-state index contributed by atoms with van der Waals surface area (Å²) >= 11 is 0. The van der Waals surface area contributed by atoms with E-state index in [1.807, 2.05) is 6.21 Å². The topological polar surface area (TPSA) is 12.4 Å². The van der Waals surface area contributed by atoms with Crippen LogP contribution in [0.2, 0.25) is 0 Å². The first-order chi connectivity index (χ1) is 6.57. The Morgan fingerprint density at radius 1 is 1.21 bits per heavy atom. The fourth-order valence-electron chi connectivity index (χ4n) is 1.74. The van der Waals surface area contributed by atoms with Gasteiger partial charge in [-0.1, -0.05) is 24.3 Å². The molecule has 0 fully saturated rings. The van der Waals surface area contributed by atoms with Crippen molar-refractivity contribution in [1.82, 2.24) is 0 Å². The molecule has 2 heteroatoms. The van der Waals surface area contributed by atoms with E-state index in [4.69, 9.17) is 0 Å². The Kier molecular flexibility index (Phi) is 2.16. The highest BCUT2D eigenvalue weighted by Crippen LogP contribution is 2.19. The van der Waals surface area contributed by atoms with E-state index in [1.54, 1.807) is 0 Å². The molecule has 0 bridgehead atoms. The molecule has 1 aliphatic heterocycles. The van der Waals surface area contributed by atoms with Gasteiger partial charge >= 0.3 is 0 Å². The number of benzene rings is 1. The SMILES string of the molecule is C[N+](C)(C)C1Cc2ccccc2C=N1. The van der Waals surface area contributed by atoms with Gasteiger partial charge in [-0.15, -0.1) is 0 Å². The lowest BCUT2D eigenvalue weighted by Crippen LogP contribution is -2.46. The summed E-state index contributed by atoms with van der Waals surface area (Å²) in [6.07, 6.45) is 3.42. The van der Waals surface area contributed by atoms with Crippen LogP contribution in [0.4, 0.5) is 0 Å². The largest absolute Gasteiger partial charge is 0.310 e. The van der Waals surface area contributed by atoms with E-state index in [1.165, 1.54) is 11.1 Å². The molecular weight excluding hydrogens is 172 g/mol. The van der Waals surface area contributed by atoms with Crippen LogP contribution in [0.3, 0.4) is 0 Å². The molecule has 2 rings (SSSR count). The molecular formula is C12H17N2+. The van der Waals surface area contributed by atoms with Gasteiger partial charge in [-0.25, -0.2) is 4.99 Å². The van der Waals surface area contributed by atoms with E-state index >= 15 is 0 Å². The van der Waals surface area contributed by atoms with Crippen molar-refractivity contribution in [2.45, 2.75) is 12.6 Å². The minimum Gasteiger partial charge on any atom is -0.310 e. The number of aliphatic imine (C=N–C) groups is 1. The van der Waals surface area contributed by atoms with Crippen molar-refractivity contribution >= 4 is 6.21 Å². The summed E-state index contributed by atoms with van der Waals surface area (Å²) in [5.74, 6) is 0. The zero-order valence-corrected chi connectivity index (χ0v) is 9.07. The first-order valence-electron chi connectivity index (χ1n) is 4.99. The first-order valence-corrected chi connectivity index (χ1v) is 4.99. The average molecular weight is 189 g/mol. The van der Waals surface area contributed by atoms with Gasteiger partial charge in [0.25, 0.3) is 0 Å². The number of likely N-dealkylation sites (N-methyl/N-ethyl adjacent to an activating group) is 1. The standard InChI is InChI=1S/C12H17N2/c1-14(2,3)12-8-10-6-4-5-7-11(10)9-13-12/h4-7,9,12H,8H2,1-3H3/q+1. The number of quaternary nitrogens is 1. The molecule has 0 saturated heterocycles. The molecule has 1 aromatic carbocycles. The van der Waals surface area contributed by atoms with Crippen molar-refractivity contribution in [3.63, 3.8) is 0 Å². The zero-order chi connectivity index (χ0) is 10.2. The smallest absolute Gasteiger partial charge is 0.186 e. The number of fused-ring (bicyclic) bond motifs is 1. The van der Waals surface area contributed by atoms with Crippen LogP contribution in [-0.4, -0.2) is 38.0 Å². The molecule has 1 aliphatic rings. The number of rotatable bonds is 1. The highest BCUT2D eigenvalue weighted by atomic mass is 15.4. The van der Waals surface area contributed by atoms with Crippen LogP contribution < -0.4 is 0 Å². The highest BCUT2D eigenvalue weighted by molar-refractivity contribution is 5.82. The molecule has 74 valence electrons. The van der Waals surface area contributed by atoms with Crippen molar-refractivity contribution < 1.29 is 4.48 Å². The van der Waals surface area contributed by atoms with Crippen molar-refractivity contribution in [2.24, 2.45) is 4.99 Å². The maximum Gasteiger partial charge on any atom is 0.186 e. The lowest BCUT2D eigenvalue weighted by molar-refractivity contribution is -0.895. The van der Waals surface area contributed by atoms with E-state index in [9.17, 15) is 0 Å². The van der Waals surface area contributed by atoms with E-state index in [2.05, 4.69) is 50.4 Å². The fraction of sp³-hybridized carbons (Fsp3) is 0.417. The van der Waals surface area contributed by atoms with E-state index in [0.717, 1.165) is 10.9 Å². The molecule has 0 N–H and O–H groups in total. The van der Waals surface area contributed by atoms with Crippen LogP contribution in [-0.2, 0) is 6.42 Å². The summed E-state index contributed by atoms with van der Waals surface area (Å²) in [5, 5.41) is 0. The number of hydrogen-bond acceptors (Lipinski definition) is 1. The third kappa shape index (κ3) is 1.70. The van der Waals surface area contributed by atoms with E-state index in [-0.39, 0.29) is 0 Å². The summed E-state index contributed by atoms with van der Waals surface area (Å²) in [4.78, 5) is 4.59. The summed E-state index contributed by atoms with van der Waals surface area (Å²) in [5.41, 5.74) is 2.69. The van der Waals surface area contributed by atoms with Gasteiger partial charge in [-0.3, -0.25) is 0 Å². The second kappa shape index (κ2) is 3.21. The van der Waals surface area contributed by atoms with Crippen LogP contribution >= 0.6 is 0 Å². The van der Waals surface area contributed by atoms with Crippen LogP contribution in [0.15, 0.2) is 29.3 Å². The summed E-state index contributed by atoms with van der Waals surface area (Å²) in [7, 11) is 6.57. The van der Waals surface area contributed by atoms with Gasteiger partial charge in [-0.05, 0) is 11.1 Å². The molecule has 0 spiro atoms. The van der Waals surface area contributed by atoms with Gasteiger partial charge in [0.15, 0.2) is 6.17 Å². The molecule has 0 aromatic heterocycles. The quantitative estimate of drug-likeness (QED) is 0.596. The number of hydrogen-bond donors (Lipinski definition) is 0.